The number of hydrogen-bond donors (Lipinski definition) is 3. The minimum atomic E-state index is -4.13. The molecule has 0 bridgehead atoms. The number of rotatable bonds is 7. The molecule has 3 rings (SSSR count). The zero-order valence-electron chi connectivity index (χ0n) is 16.3. The number of aryl methyl sites for hydroxylation is 1. The number of primary sulfonamides is 1. The topological polar surface area (TPSA) is 113 Å². The van der Waals surface area contributed by atoms with E-state index in [1.165, 1.54) is 6.92 Å². The van der Waals surface area contributed by atoms with Gasteiger partial charge < -0.3 is 10.1 Å². The Kier molecular flexibility index (Phi) is 5.75. The zero-order valence-corrected chi connectivity index (χ0v) is 17.1. The number of nitrogens with one attached hydrogen (secondary N) is 1. The van der Waals surface area contributed by atoms with Crippen LogP contribution in [0.25, 0.3) is 0 Å². The maximum atomic E-state index is 12.7. The maximum absolute atomic E-state index is 12.7. The van der Waals surface area contributed by atoms with Gasteiger partial charge in [0.25, 0.3) is 0 Å². The summed E-state index contributed by atoms with van der Waals surface area (Å²) in [5, 5.41) is 16.4. The van der Waals surface area contributed by atoms with Crippen molar-refractivity contribution in [1.82, 2.24) is 4.98 Å². The van der Waals surface area contributed by atoms with Gasteiger partial charge in [-0.2, -0.15) is 0 Å². The number of aromatic nitrogens is 1. The first-order valence-corrected chi connectivity index (χ1v) is 10.7. The van der Waals surface area contributed by atoms with Crippen LogP contribution in [0, 0.1) is 6.92 Å². The number of ketones is 1. The van der Waals surface area contributed by atoms with Crippen molar-refractivity contribution in [3.8, 4) is 0 Å². The molecule has 1 aromatic heterocycles. The van der Waals surface area contributed by atoms with Gasteiger partial charge in [0.1, 0.15) is 4.75 Å². The van der Waals surface area contributed by atoms with Crippen LogP contribution in [0.2, 0.25) is 0 Å². The largest absolute Gasteiger partial charge is 0.391 e. The fraction of sp³-hybridized carbons (Fsp3) is 0.227. The lowest BCUT2D eigenvalue weighted by atomic mass is 9.91. The van der Waals surface area contributed by atoms with Gasteiger partial charge in [0.2, 0.25) is 15.8 Å². The molecule has 0 aliphatic rings. The third kappa shape index (κ3) is 4.03. The molecule has 0 saturated heterocycles. The standard InChI is InChI=1S/C22H24N2O4S/c1-15-13-18(24-20(15)21(26)16-9-5-3-6-10-16)14-19(25)22(2,29(23,27)28)17-11-7-4-8-12-17/h3-13,19,24-25H,14H2,1-2H3,(H2,23,27,28). The second-order valence-electron chi connectivity index (χ2n) is 7.29. The molecule has 3 aromatic rings. The first kappa shape index (κ1) is 21.0. The van der Waals surface area contributed by atoms with Crippen molar-refractivity contribution in [2.24, 2.45) is 5.14 Å². The lowest BCUT2D eigenvalue weighted by Gasteiger charge is -2.32. The average Bonchev–Trinajstić information content (AvgIpc) is 3.07. The number of hydrogen-bond acceptors (Lipinski definition) is 4. The van der Waals surface area contributed by atoms with Crippen LogP contribution >= 0.6 is 0 Å². The Morgan fingerprint density at radius 1 is 1.10 bits per heavy atom. The van der Waals surface area contributed by atoms with Crippen molar-refractivity contribution in [3.63, 3.8) is 0 Å². The van der Waals surface area contributed by atoms with Crippen LogP contribution in [-0.4, -0.2) is 30.4 Å². The summed E-state index contributed by atoms with van der Waals surface area (Å²) < 4.78 is 23.1. The van der Waals surface area contributed by atoms with Crippen molar-refractivity contribution in [2.45, 2.75) is 31.1 Å². The van der Waals surface area contributed by atoms with E-state index in [9.17, 15) is 18.3 Å². The molecule has 0 aliphatic carbocycles. The number of carbonyl (C=O) groups excluding carboxylic acids is 1. The summed E-state index contributed by atoms with van der Waals surface area (Å²) in [5.41, 5.74) is 2.63. The quantitative estimate of drug-likeness (QED) is 0.518. The number of H-pyrrole nitrogens is 1. The summed E-state index contributed by atoms with van der Waals surface area (Å²) in [4.78, 5) is 15.8. The average molecular weight is 413 g/mol. The molecule has 7 heteroatoms. The van der Waals surface area contributed by atoms with Crippen molar-refractivity contribution < 1.29 is 18.3 Å². The molecular formula is C22H24N2O4S. The Balaban J connectivity index is 1.92. The molecule has 152 valence electrons. The number of nitrogens with two attached hydrogens (primary N) is 1. The Bertz CT molecular complexity index is 1110. The predicted molar refractivity (Wildman–Crippen MR) is 112 cm³/mol. The predicted octanol–water partition coefficient (Wildman–Crippen LogP) is 2.66. The second-order valence-corrected chi connectivity index (χ2v) is 9.22. The summed E-state index contributed by atoms with van der Waals surface area (Å²) in [6.07, 6.45) is -1.33. The Morgan fingerprint density at radius 3 is 2.21 bits per heavy atom. The van der Waals surface area contributed by atoms with Crippen molar-refractivity contribution >= 4 is 15.8 Å². The summed E-state index contributed by atoms with van der Waals surface area (Å²) in [6, 6.07) is 19.0. The van der Waals surface area contributed by atoms with E-state index in [-0.39, 0.29) is 12.2 Å². The van der Waals surface area contributed by atoms with Gasteiger partial charge in [0, 0.05) is 17.7 Å². The number of benzene rings is 2. The second kappa shape index (κ2) is 7.94. The molecule has 6 nitrogen and oxygen atoms in total. The van der Waals surface area contributed by atoms with Gasteiger partial charge in [-0.25, -0.2) is 13.6 Å². The molecule has 0 saturated carbocycles. The van der Waals surface area contributed by atoms with E-state index >= 15 is 0 Å². The third-order valence-corrected chi connectivity index (χ3v) is 7.01. The maximum Gasteiger partial charge on any atom is 0.221 e. The molecule has 0 spiro atoms. The fourth-order valence-electron chi connectivity index (χ4n) is 3.43. The van der Waals surface area contributed by atoms with Crippen LogP contribution < -0.4 is 5.14 Å². The molecule has 0 amide bonds. The van der Waals surface area contributed by atoms with E-state index in [4.69, 9.17) is 5.14 Å². The summed E-state index contributed by atoms with van der Waals surface area (Å²) in [7, 11) is -4.13. The van der Waals surface area contributed by atoms with Crippen molar-refractivity contribution in [3.05, 3.63) is 94.8 Å². The minimum Gasteiger partial charge on any atom is -0.391 e. The normalized spacial score (nSPS) is 14.9. The lowest BCUT2D eigenvalue weighted by molar-refractivity contribution is 0.103. The van der Waals surface area contributed by atoms with E-state index in [2.05, 4.69) is 4.98 Å². The van der Waals surface area contributed by atoms with Crippen molar-refractivity contribution in [2.75, 3.05) is 0 Å². The molecule has 0 radical (unpaired) electrons. The molecular weight excluding hydrogens is 388 g/mol. The van der Waals surface area contributed by atoms with Crippen LogP contribution in [0.4, 0.5) is 0 Å². The number of sulfonamides is 1. The van der Waals surface area contributed by atoms with Gasteiger partial charge >= 0.3 is 0 Å². The molecule has 0 fully saturated rings. The Labute approximate surface area is 170 Å². The number of aliphatic hydroxyl groups is 1. The number of aliphatic hydroxyl groups excluding tert-OH is 1. The molecule has 2 aromatic carbocycles. The summed E-state index contributed by atoms with van der Waals surface area (Å²) in [6.45, 7) is 3.20. The smallest absolute Gasteiger partial charge is 0.221 e. The van der Waals surface area contributed by atoms with Gasteiger partial charge in [0.05, 0.1) is 11.8 Å². The molecule has 2 unspecified atom stereocenters. The van der Waals surface area contributed by atoms with Gasteiger partial charge in [-0.1, -0.05) is 60.7 Å². The highest BCUT2D eigenvalue weighted by atomic mass is 32.2. The van der Waals surface area contributed by atoms with Crippen molar-refractivity contribution in [1.29, 1.82) is 0 Å². The zero-order chi connectivity index (χ0) is 21.2. The van der Waals surface area contributed by atoms with Crippen LogP contribution in [-0.2, 0) is 21.2 Å². The summed E-state index contributed by atoms with van der Waals surface area (Å²) in [5.74, 6) is -0.166. The first-order chi connectivity index (χ1) is 13.6. The molecule has 1 heterocycles. The molecule has 2 atom stereocenters. The highest BCUT2D eigenvalue weighted by Gasteiger charge is 2.45. The van der Waals surface area contributed by atoms with Gasteiger partial charge in [-0.05, 0) is 31.0 Å². The fourth-order valence-corrected chi connectivity index (χ4v) is 4.35. The molecule has 4 N–H and O–H groups in total. The van der Waals surface area contributed by atoms with E-state index < -0.39 is 20.9 Å². The lowest BCUT2D eigenvalue weighted by Crippen LogP contribution is -2.48. The van der Waals surface area contributed by atoms with Gasteiger partial charge in [-0.15, -0.1) is 0 Å². The highest BCUT2D eigenvalue weighted by molar-refractivity contribution is 7.90. The van der Waals surface area contributed by atoms with Crippen LogP contribution in [0.5, 0.6) is 0 Å². The van der Waals surface area contributed by atoms with Crippen LogP contribution in [0.3, 0.4) is 0 Å². The van der Waals surface area contributed by atoms with Gasteiger partial charge in [-0.3, -0.25) is 4.79 Å². The van der Waals surface area contributed by atoms with Crippen LogP contribution in [0.15, 0.2) is 66.7 Å². The first-order valence-electron chi connectivity index (χ1n) is 9.18. The highest BCUT2D eigenvalue weighted by Crippen LogP contribution is 2.34. The molecule has 29 heavy (non-hydrogen) atoms. The third-order valence-electron chi connectivity index (χ3n) is 5.32. The summed E-state index contributed by atoms with van der Waals surface area (Å²) >= 11 is 0. The number of carbonyl (C=O) groups is 1. The molecule has 0 aliphatic heterocycles. The van der Waals surface area contributed by atoms with E-state index in [1.54, 1.807) is 67.6 Å². The Morgan fingerprint density at radius 2 is 1.66 bits per heavy atom. The van der Waals surface area contributed by atoms with Crippen LogP contribution in [0.1, 0.15) is 39.8 Å². The van der Waals surface area contributed by atoms with E-state index in [1.807, 2.05) is 6.07 Å². The van der Waals surface area contributed by atoms with Gasteiger partial charge in [0.15, 0.2) is 0 Å². The van der Waals surface area contributed by atoms with E-state index in [0.717, 1.165) is 5.56 Å². The number of aromatic amines is 1. The minimum absolute atomic E-state index is 0.00919. The van der Waals surface area contributed by atoms with E-state index in [0.29, 0.717) is 22.5 Å². The SMILES string of the molecule is Cc1cc(CC(O)C(C)(c2ccccc2)S(N)(=O)=O)[nH]c1C(=O)c1ccccc1. The Hall–Kier alpha value is -2.74. The monoisotopic (exact) mass is 412 g/mol.